The molecule has 2 aliphatic rings. The van der Waals surface area contributed by atoms with Crippen LogP contribution >= 0.6 is 11.3 Å². The molecule has 0 unspecified atom stereocenters. The van der Waals surface area contributed by atoms with Gasteiger partial charge in [-0.05, 0) is 31.2 Å². The Balaban J connectivity index is 1.60. The number of pyridine rings is 1. The molecule has 124 valence electrons. The smallest absolute Gasteiger partial charge is 0.228 e. The van der Waals surface area contributed by atoms with E-state index in [1.807, 2.05) is 6.07 Å². The fourth-order valence-corrected chi connectivity index (χ4v) is 4.26. The number of carbonyl (C=O) groups excluding carboxylic acids is 1. The van der Waals surface area contributed by atoms with Crippen LogP contribution in [0.5, 0.6) is 0 Å². The highest BCUT2D eigenvalue weighted by Gasteiger charge is 2.39. The van der Waals surface area contributed by atoms with E-state index in [1.54, 1.807) is 17.5 Å². The summed E-state index contributed by atoms with van der Waals surface area (Å²) in [6.07, 6.45) is 4.61. The van der Waals surface area contributed by atoms with E-state index < -0.39 is 0 Å². The lowest BCUT2D eigenvalue weighted by molar-refractivity contribution is -0.117. The fraction of sp³-hybridized carbons (Fsp3) is 0.529. The van der Waals surface area contributed by atoms with Crippen LogP contribution in [0.4, 0.5) is 10.9 Å². The van der Waals surface area contributed by atoms with Crippen molar-refractivity contribution in [3.63, 3.8) is 0 Å². The van der Waals surface area contributed by atoms with Crippen molar-refractivity contribution in [3.8, 4) is 6.07 Å². The molecule has 1 amide bonds. The summed E-state index contributed by atoms with van der Waals surface area (Å²) in [7, 11) is 0. The summed E-state index contributed by atoms with van der Waals surface area (Å²) in [6.45, 7) is 3.74. The molecule has 1 aliphatic carbocycles. The molecule has 1 N–H and O–H groups in total. The zero-order chi connectivity index (χ0) is 16.7. The van der Waals surface area contributed by atoms with E-state index in [9.17, 15) is 4.79 Å². The number of nitrogens with zero attached hydrogens (tertiary/aromatic N) is 4. The highest BCUT2D eigenvalue weighted by atomic mass is 32.1. The van der Waals surface area contributed by atoms with E-state index >= 15 is 0 Å². The lowest BCUT2D eigenvalue weighted by atomic mass is 10.0. The van der Waals surface area contributed by atoms with Crippen molar-refractivity contribution in [2.24, 2.45) is 17.8 Å². The molecule has 7 heteroatoms. The quantitative estimate of drug-likeness (QED) is 0.928. The van der Waals surface area contributed by atoms with Crippen molar-refractivity contribution in [2.75, 3.05) is 23.3 Å². The first-order valence-electron chi connectivity index (χ1n) is 8.36. The lowest BCUT2D eigenvalue weighted by Gasteiger charge is -2.28. The van der Waals surface area contributed by atoms with Crippen molar-refractivity contribution in [1.29, 1.82) is 5.26 Å². The van der Waals surface area contributed by atoms with Crippen molar-refractivity contribution >= 4 is 38.4 Å². The van der Waals surface area contributed by atoms with Gasteiger partial charge in [-0.1, -0.05) is 18.3 Å². The van der Waals surface area contributed by atoms with Crippen LogP contribution in [0, 0.1) is 29.1 Å². The number of anilines is 2. The topological polar surface area (TPSA) is 81.9 Å². The number of amides is 1. The molecule has 0 bridgehead atoms. The van der Waals surface area contributed by atoms with Crippen LogP contribution in [-0.4, -0.2) is 29.0 Å². The van der Waals surface area contributed by atoms with Crippen LogP contribution < -0.4 is 10.2 Å². The number of fused-ring (bicyclic) bond motifs is 1. The molecule has 0 aromatic carbocycles. The minimum atomic E-state index is 0.0555. The highest BCUT2D eigenvalue weighted by Crippen LogP contribution is 2.39. The molecule has 2 fully saturated rings. The van der Waals surface area contributed by atoms with Crippen LogP contribution in [0.3, 0.4) is 0 Å². The van der Waals surface area contributed by atoms with Gasteiger partial charge in [0.25, 0.3) is 0 Å². The molecular formula is C17H19N5OS. The summed E-state index contributed by atoms with van der Waals surface area (Å²) in [5.74, 6) is 1.32. The first kappa shape index (κ1) is 15.3. The number of carbonyl (C=O) groups is 1. The van der Waals surface area contributed by atoms with E-state index in [1.165, 1.54) is 0 Å². The number of thiazole rings is 1. The van der Waals surface area contributed by atoms with Crippen LogP contribution in [-0.2, 0) is 4.79 Å². The number of piperidine rings is 1. The molecule has 2 aromatic rings. The largest absolute Gasteiger partial charge is 0.347 e. The third-order valence-corrected chi connectivity index (χ3v) is 5.99. The van der Waals surface area contributed by atoms with Gasteiger partial charge in [-0.2, -0.15) is 5.26 Å². The SMILES string of the molecule is C[C@@H]1C[C@H]1C(=O)Nc1nccc2nc(N3CCC[C@@H](C#N)C3)sc12. The van der Waals surface area contributed by atoms with Crippen LogP contribution in [0.1, 0.15) is 26.2 Å². The van der Waals surface area contributed by atoms with Gasteiger partial charge in [0, 0.05) is 25.2 Å². The minimum Gasteiger partial charge on any atom is -0.347 e. The van der Waals surface area contributed by atoms with Gasteiger partial charge in [0.2, 0.25) is 5.91 Å². The Kier molecular flexibility index (Phi) is 3.85. The highest BCUT2D eigenvalue weighted by molar-refractivity contribution is 7.22. The molecule has 1 aliphatic heterocycles. The molecule has 6 nitrogen and oxygen atoms in total. The summed E-state index contributed by atoms with van der Waals surface area (Å²) in [4.78, 5) is 23.4. The van der Waals surface area contributed by atoms with E-state index in [0.29, 0.717) is 11.7 Å². The Labute approximate surface area is 144 Å². The molecule has 0 spiro atoms. The van der Waals surface area contributed by atoms with Gasteiger partial charge in [-0.25, -0.2) is 9.97 Å². The summed E-state index contributed by atoms with van der Waals surface area (Å²) < 4.78 is 0.910. The van der Waals surface area contributed by atoms with E-state index in [4.69, 9.17) is 10.2 Å². The molecule has 4 rings (SSSR count). The predicted octanol–water partition coefficient (Wildman–Crippen LogP) is 3.03. The number of hydrogen-bond donors (Lipinski definition) is 1. The number of aromatic nitrogens is 2. The maximum absolute atomic E-state index is 12.2. The van der Waals surface area contributed by atoms with Gasteiger partial charge in [-0.3, -0.25) is 4.79 Å². The van der Waals surface area contributed by atoms with Crippen LogP contribution in [0.2, 0.25) is 0 Å². The second-order valence-electron chi connectivity index (χ2n) is 6.73. The number of rotatable bonds is 3. The first-order chi connectivity index (χ1) is 11.7. The maximum Gasteiger partial charge on any atom is 0.228 e. The minimum absolute atomic E-state index is 0.0555. The van der Waals surface area contributed by atoms with Crippen LogP contribution in [0.25, 0.3) is 10.2 Å². The predicted molar refractivity (Wildman–Crippen MR) is 93.9 cm³/mol. The van der Waals surface area contributed by atoms with Gasteiger partial charge in [0.15, 0.2) is 10.9 Å². The standard InChI is InChI=1S/C17H19N5OS/c1-10-7-12(10)16(23)21-15-14-13(4-5-19-15)20-17(24-14)22-6-2-3-11(8-18)9-22/h4-5,10-12H,2-3,6-7,9H2,1H3,(H,19,21,23)/t10-,11+,12-/m1/s1. The number of nitriles is 1. The first-order valence-corrected chi connectivity index (χ1v) is 9.18. The van der Waals surface area contributed by atoms with Crippen LogP contribution in [0.15, 0.2) is 12.3 Å². The lowest BCUT2D eigenvalue weighted by Crippen LogP contribution is -2.34. The Morgan fingerprint density at radius 1 is 1.54 bits per heavy atom. The summed E-state index contributed by atoms with van der Waals surface area (Å²) in [5.41, 5.74) is 0.850. The zero-order valence-corrected chi connectivity index (χ0v) is 14.3. The Morgan fingerprint density at radius 2 is 2.38 bits per heavy atom. The average Bonchev–Trinajstić information content (AvgIpc) is 3.17. The third-order valence-electron chi connectivity index (χ3n) is 4.86. The summed E-state index contributed by atoms with van der Waals surface area (Å²) in [5, 5.41) is 13.0. The molecule has 1 saturated heterocycles. The second-order valence-corrected chi connectivity index (χ2v) is 7.70. The summed E-state index contributed by atoms with van der Waals surface area (Å²) >= 11 is 1.55. The van der Waals surface area contributed by atoms with E-state index in [0.717, 1.165) is 47.7 Å². The summed E-state index contributed by atoms with van der Waals surface area (Å²) in [6, 6.07) is 4.24. The Bertz CT molecular complexity index is 826. The number of nitrogens with one attached hydrogen (secondary N) is 1. The molecule has 3 atom stereocenters. The van der Waals surface area contributed by atoms with E-state index in [2.05, 4.69) is 28.2 Å². The van der Waals surface area contributed by atoms with Gasteiger partial charge < -0.3 is 10.2 Å². The molecule has 3 heterocycles. The van der Waals surface area contributed by atoms with Gasteiger partial charge in [0.05, 0.1) is 22.2 Å². The normalized spacial score (nSPS) is 26.2. The van der Waals surface area contributed by atoms with Crippen molar-refractivity contribution in [1.82, 2.24) is 9.97 Å². The fourth-order valence-electron chi connectivity index (χ4n) is 3.22. The van der Waals surface area contributed by atoms with Crippen molar-refractivity contribution in [2.45, 2.75) is 26.2 Å². The maximum atomic E-state index is 12.2. The molecule has 24 heavy (non-hydrogen) atoms. The van der Waals surface area contributed by atoms with Gasteiger partial charge in [0.1, 0.15) is 0 Å². The average molecular weight is 341 g/mol. The molecule has 0 radical (unpaired) electrons. The van der Waals surface area contributed by atoms with Crippen molar-refractivity contribution in [3.05, 3.63) is 12.3 Å². The zero-order valence-electron chi connectivity index (χ0n) is 13.5. The van der Waals surface area contributed by atoms with E-state index in [-0.39, 0.29) is 17.7 Å². The van der Waals surface area contributed by atoms with Gasteiger partial charge >= 0.3 is 0 Å². The third kappa shape index (κ3) is 2.82. The molecule has 2 aromatic heterocycles. The number of hydrogen-bond acceptors (Lipinski definition) is 6. The Morgan fingerprint density at radius 3 is 3.12 bits per heavy atom. The Hall–Kier alpha value is -2.20. The molecular weight excluding hydrogens is 322 g/mol. The van der Waals surface area contributed by atoms with Crippen molar-refractivity contribution < 1.29 is 4.79 Å². The van der Waals surface area contributed by atoms with Gasteiger partial charge in [-0.15, -0.1) is 0 Å². The monoisotopic (exact) mass is 341 g/mol. The second kappa shape index (κ2) is 6.02. The molecule has 1 saturated carbocycles.